The highest BCUT2D eigenvalue weighted by Crippen LogP contribution is 2.29. The number of aliphatic hydroxyl groups excluding tert-OH is 2. The molecule has 6 N–H and O–H groups in total. The van der Waals surface area contributed by atoms with Crippen molar-refractivity contribution >= 4 is 40.6 Å². The predicted molar refractivity (Wildman–Crippen MR) is 244 cm³/mol. The molecule has 0 saturated carbocycles. The van der Waals surface area contributed by atoms with Gasteiger partial charge in [-0.3, -0.25) is 19.2 Å². The molecule has 2 aliphatic rings. The first-order valence-electron chi connectivity index (χ1n) is 22.4. The molecular formula is C47H70N8O8. The fraction of sp³-hybridized carbons (Fsp3) is 0.574. The lowest BCUT2D eigenvalue weighted by atomic mass is 10.0. The molecule has 1 aromatic carbocycles. The Morgan fingerprint density at radius 1 is 0.778 bits per heavy atom. The first-order valence-corrected chi connectivity index (χ1v) is 22.4. The van der Waals surface area contributed by atoms with E-state index in [9.17, 15) is 29.4 Å². The zero-order valence-electron chi connectivity index (χ0n) is 37.8. The summed E-state index contributed by atoms with van der Waals surface area (Å²) in [6.07, 6.45) is 14.7. The van der Waals surface area contributed by atoms with Crippen molar-refractivity contribution in [3.05, 3.63) is 77.8 Å². The quantitative estimate of drug-likeness (QED) is 0.0542. The van der Waals surface area contributed by atoms with Crippen LogP contribution in [0.1, 0.15) is 61.9 Å². The van der Waals surface area contributed by atoms with E-state index in [-0.39, 0.29) is 35.7 Å². The lowest BCUT2D eigenvalue weighted by Crippen LogP contribution is -2.55. The largest absolute Gasteiger partial charge is 0.394 e. The fourth-order valence-corrected chi connectivity index (χ4v) is 8.66. The van der Waals surface area contributed by atoms with Crippen LogP contribution in [0, 0.1) is 6.92 Å². The molecule has 0 aliphatic carbocycles. The van der Waals surface area contributed by atoms with Gasteiger partial charge in [-0.15, -0.1) is 0 Å². The number of carbonyl (C=O) groups is 4. The summed E-state index contributed by atoms with van der Waals surface area (Å²) in [4.78, 5) is 55.7. The highest BCUT2D eigenvalue weighted by Gasteiger charge is 2.36. The Kier molecular flexibility index (Phi) is 19.0. The smallest absolute Gasteiger partial charge is 0.247 e. The van der Waals surface area contributed by atoms with E-state index in [1.54, 1.807) is 38.9 Å². The first-order chi connectivity index (χ1) is 30.4. The molecule has 4 heterocycles. The number of carbonyl (C=O) groups excluding carboxylic acids is 4. The van der Waals surface area contributed by atoms with Gasteiger partial charge in [-0.1, -0.05) is 43.0 Å². The zero-order valence-corrected chi connectivity index (χ0v) is 37.8. The number of aromatic nitrogens is 2. The number of nitrogens with one attached hydrogen (secondary N) is 4. The fourth-order valence-electron chi connectivity index (χ4n) is 8.66. The number of rotatable bonds is 25. The second-order valence-electron chi connectivity index (χ2n) is 16.6. The lowest BCUT2D eigenvalue weighted by molar-refractivity contribution is -0.138. The number of hydrogen-bond acceptors (Lipinski definition) is 10. The summed E-state index contributed by atoms with van der Waals surface area (Å²) in [7, 11) is 3.34. The third-order valence-corrected chi connectivity index (χ3v) is 12.6. The van der Waals surface area contributed by atoms with Crippen LogP contribution >= 0.6 is 0 Å². The number of para-hydroxylation sites is 1. The summed E-state index contributed by atoms with van der Waals surface area (Å²) in [5.41, 5.74) is 5.51. The average Bonchev–Trinajstić information content (AvgIpc) is 4.10. The van der Waals surface area contributed by atoms with E-state index >= 15 is 0 Å². The highest BCUT2D eigenvalue weighted by atomic mass is 16.5. The van der Waals surface area contributed by atoms with Crippen molar-refractivity contribution in [3.8, 4) is 0 Å². The van der Waals surface area contributed by atoms with E-state index in [1.165, 1.54) is 0 Å². The number of allylic oxidation sites excluding steroid dienone is 2. The molecule has 0 bridgehead atoms. The maximum Gasteiger partial charge on any atom is 0.247 e. The van der Waals surface area contributed by atoms with Gasteiger partial charge in [0, 0.05) is 67.3 Å². The van der Waals surface area contributed by atoms with Crippen molar-refractivity contribution in [1.29, 1.82) is 0 Å². The van der Waals surface area contributed by atoms with Gasteiger partial charge in [0.25, 0.3) is 0 Å². The van der Waals surface area contributed by atoms with Gasteiger partial charge in [0.2, 0.25) is 23.6 Å². The number of fused-ring (bicyclic) bond motifs is 1. The molecule has 16 heteroatoms. The van der Waals surface area contributed by atoms with E-state index in [2.05, 4.69) is 68.4 Å². The van der Waals surface area contributed by atoms with Crippen LogP contribution in [0.5, 0.6) is 0 Å². The van der Waals surface area contributed by atoms with Gasteiger partial charge in [-0.25, -0.2) is 0 Å². The van der Waals surface area contributed by atoms with Crippen LogP contribution in [0.15, 0.2) is 55.4 Å². The van der Waals surface area contributed by atoms with Gasteiger partial charge in [0.05, 0.1) is 51.7 Å². The van der Waals surface area contributed by atoms with Crippen molar-refractivity contribution in [2.24, 2.45) is 0 Å². The van der Waals surface area contributed by atoms with Crippen LogP contribution in [-0.4, -0.2) is 156 Å². The highest BCUT2D eigenvalue weighted by molar-refractivity contribution is 5.91. The number of ether oxygens (including phenoxy) is 2. The Morgan fingerprint density at radius 2 is 1.29 bits per heavy atom. The van der Waals surface area contributed by atoms with Crippen molar-refractivity contribution in [3.63, 3.8) is 0 Å². The molecule has 0 unspecified atom stereocenters. The molecule has 6 atom stereocenters. The summed E-state index contributed by atoms with van der Waals surface area (Å²) in [6.45, 7) is 12.7. The molecule has 0 spiro atoms. The number of hydrogen-bond donors (Lipinski definition) is 6. The second kappa shape index (κ2) is 24.3. The van der Waals surface area contributed by atoms with E-state index in [0.29, 0.717) is 65.4 Å². The Morgan fingerprint density at radius 3 is 1.81 bits per heavy atom. The summed E-state index contributed by atoms with van der Waals surface area (Å²) < 4.78 is 16.4. The Labute approximate surface area is 372 Å². The third kappa shape index (κ3) is 12.7. The number of likely N-dealkylation sites (tertiary alicyclic amines) is 2. The van der Waals surface area contributed by atoms with Gasteiger partial charge in [0.15, 0.2) is 0 Å². The van der Waals surface area contributed by atoms with Crippen LogP contribution in [0.2, 0.25) is 0 Å². The Hall–Kier alpha value is -4.84. The van der Waals surface area contributed by atoms with Crippen LogP contribution in [0.3, 0.4) is 0 Å². The minimum Gasteiger partial charge on any atom is -0.394 e. The number of nitrogens with zero attached hydrogens (tertiary/aromatic N) is 4. The molecule has 2 aliphatic heterocycles. The van der Waals surface area contributed by atoms with E-state index in [0.717, 1.165) is 59.0 Å². The zero-order chi connectivity index (χ0) is 45.5. The minimum atomic E-state index is -0.995. The average molecular weight is 875 g/mol. The molecule has 63 heavy (non-hydrogen) atoms. The third-order valence-electron chi connectivity index (χ3n) is 12.6. The summed E-state index contributed by atoms with van der Waals surface area (Å²) in [6, 6.07) is 5.19. The van der Waals surface area contributed by atoms with Gasteiger partial charge >= 0.3 is 0 Å². The van der Waals surface area contributed by atoms with E-state index in [1.807, 2.05) is 29.2 Å². The maximum absolute atomic E-state index is 13.5. The Balaban J connectivity index is 1.11. The SMILES string of the molecule is C=C/C=C\c1c(C[C@H]2CCCN2C(=O)[C@@H](CO)NC(=O)[C@H](C)NC)cn(CCOCCOCCn2cc(C[C@H]3CCCN3C(=O)[C@@H](CO)NC(=O)[C@H](C)NC)c3ccccc32)c1C. The van der Waals surface area contributed by atoms with Crippen LogP contribution in [0.25, 0.3) is 17.0 Å². The minimum absolute atomic E-state index is 0.0390. The van der Waals surface area contributed by atoms with Crippen LogP contribution < -0.4 is 21.3 Å². The molecular weight excluding hydrogens is 805 g/mol. The van der Waals surface area contributed by atoms with Gasteiger partial charge < -0.3 is 59.9 Å². The molecule has 4 amide bonds. The predicted octanol–water partition coefficient (Wildman–Crippen LogP) is 1.92. The van der Waals surface area contributed by atoms with Crippen molar-refractivity contribution in [1.82, 2.24) is 40.2 Å². The van der Waals surface area contributed by atoms with Gasteiger partial charge in [0.1, 0.15) is 12.1 Å². The number of amides is 4. The van der Waals surface area contributed by atoms with Gasteiger partial charge in [-0.05, 0) is 96.1 Å². The molecule has 346 valence electrons. The maximum atomic E-state index is 13.5. The van der Waals surface area contributed by atoms with Crippen molar-refractivity contribution < 1.29 is 38.9 Å². The monoisotopic (exact) mass is 875 g/mol. The molecule has 16 nitrogen and oxygen atoms in total. The van der Waals surface area contributed by atoms with E-state index in [4.69, 9.17) is 9.47 Å². The second-order valence-corrected chi connectivity index (χ2v) is 16.6. The van der Waals surface area contributed by atoms with Crippen LogP contribution in [0.4, 0.5) is 0 Å². The Bertz CT molecular complexity index is 2030. The molecule has 2 saturated heterocycles. The molecule has 2 fully saturated rings. The molecule has 2 aromatic heterocycles. The summed E-state index contributed by atoms with van der Waals surface area (Å²) >= 11 is 0. The standard InChI is InChI=1S/C47H70N8O8/c1-7-8-15-39-34(4)52(28-35(39)26-37-13-11-18-54(37)46(60)41(30-56)50-44(58)32(2)48-5)20-22-62-24-25-63-23-21-53-29-36(40-16-9-10-17-43(40)53)27-38-14-12-19-55(38)47(61)42(31-57)51-45(59)33(3)49-6/h7-10,15-17,28-29,32-33,37-38,41-42,48-49,56-57H,1,11-14,18-27,30-31H2,2-6H3,(H,50,58)(H,51,59)/b15-8-/t32-,33-,37+,38+,41+,42+/m0/s1. The molecule has 5 rings (SSSR count). The summed E-state index contributed by atoms with van der Waals surface area (Å²) in [5.74, 6) is -1.19. The number of aliphatic hydroxyl groups is 2. The topological polar surface area (TPSA) is 192 Å². The van der Waals surface area contributed by atoms with Crippen molar-refractivity contribution in [2.45, 2.75) is 109 Å². The normalized spacial score (nSPS) is 18.5. The van der Waals surface area contributed by atoms with Crippen LogP contribution in [-0.2, 0) is 54.6 Å². The van der Waals surface area contributed by atoms with Crippen molar-refractivity contribution in [2.75, 3.05) is 66.8 Å². The number of benzene rings is 1. The van der Waals surface area contributed by atoms with E-state index < -0.39 is 37.4 Å². The summed E-state index contributed by atoms with van der Waals surface area (Å²) in [5, 5.41) is 32.3. The lowest BCUT2D eigenvalue weighted by Gasteiger charge is -2.29. The van der Waals surface area contributed by atoms with Gasteiger partial charge in [-0.2, -0.15) is 0 Å². The number of likely N-dealkylation sites (N-methyl/N-ethyl adjacent to an activating group) is 2. The molecule has 3 aromatic rings. The first kappa shape index (κ1) is 49.2. The molecule has 0 radical (unpaired) electrons.